The van der Waals surface area contributed by atoms with Gasteiger partial charge in [-0.1, -0.05) is 12.1 Å². The molecule has 0 radical (unpaired) electrons. The third-order valence-corrected chi connectivity index (χ3v) is 1.65. The fourth-order valence-electron chi connectivity index (χ4n) is 1.02. The Labute approximate surface area is 66.5 Å². The average molecular weight is 146 g/mol. The van der Waals surface area contributed by atoms with Crippen LogP contribution in [0, 0.1) is 18.3 Å². The lowest BCUT2D eigenvalue weighted by Crippen LogP contribution is -1.93. The molecule has 0 amide bonds. The first kappa shape index (κ1) is 7.62. The second-order valence-electron chi connectivity index (χ2n) is 2.36. The second-order valence-corrected chi connectivity index (χ2v) is 2.36. The van der Waals surface area contributed by atoms with Crippen molar-refractivity contribution in [1.82, 2.24) is 0 Å². The van der Waals surface area contributed by atoms with E-state index >= 15 is 0 Å². The molecule has 0 bridgehead atoms. The molecule has 0 saturated carbocycles. The Balaban J connectivity index is 3.27. The number of hydrogen-bond acceptors (Lipinski definition) is 2. The number of rotatable bonds is 1. The fraction of sp³-hybridized carbons (Fsp3) is 0.222. The summed E-state index contributed by atoms with van der Waals surface area (Å²) in [4.78, 5) is 0. The van der Waals surface area contributed by atoms with Crippen molar-refractivity contribution in [2.75, 3.05) is 12.4 Å². The van der Waals surface area contributed by atoms with Gasteiger partial charge in [0, 0.05) is 7.05 Å². The summed E-state index contributed by atoms with van der Waals surface area (Å²) in [5, 5.41) is 11.7. The van der Waals surface area contributed by atoms with Crippen LogP contribution in [0.4, 0.5) is 5.69 Å². The van der Waals surface area contributed by atoms with Crippen molar-refractivity contribution in [1.29, 1.82) is 5.26 Å². The standard InChI is InChI=1S/C9H10N2/c1-7-4-3-5-9(11-2)8(7)6-10/h3-5,11H,1-2H3. The molecule has 0 spiro atoms. The van der Waals surface area contributed by atoms with Crippen molar-refractivity contribution in [3.8, 4) is 6.07 Å². The van der Waals surface area contributed by atoms with Crippen LogP contribution < -0.4 is 5.32 Å². The van der Waals surface area contributed by atoms with E-state index in [1.165, 1.54) is 0 Å². The van der Waals surface area contributed by atoms with Crippen LogP contribution in [0.5, 0.6) is 0 Å². The molecule has 0 aliphatic carbocycles. The van der Waals surface area contributed by atoms with Crippen LogP contribution >= 0.6 is 0 Å². The molecule has 0 aliphatic rings. The van der Waals surface area contributed by atoms with Gasteiger partial charge in [0.15, 0.2) is 0 Å². The van der Waals surface area contributed by atoms with Crippen LogP contribution in [0.1, 0.15) is 11.1 Å². The number of aryl methyl sites for hydroxylation is 1. The van der Waals surface area contributed by atoms with Gasteiger partial charge in [-0.15, -0.1) is 0 Å². The molecule has 0 atom stereocenters. The Hall–Kier alpha value is -1.49. The van der Waals surface area contributed by atoms with Crippen molar-refractivity contribution < 1.29 is 0 Å². The molecule has 0 aliphatic heterocycles. The number of benzene rings is 1. The molecule has 0 unspecified atom stereocenters. The highest BCUT2D eigenvalue weighted by molar-refractivity contribution is 5.60. The predicted molar refractivity (Wildman–Crippen MR) is 45.4 cm³/mol. The minimum Gasteiger partial charge on any atom is -0.387 e. The van der Waals surface area contributed by atoms with Crippen LogP contribution in [-0.2, 0) is 0 Å². The van der Waals surface area contributed by atoms with Crippen LogP contribution in [0.2, 0.25) is 0 Å². The summed E-state index contributed by atoms with van der Waals surface area (Å²) >= 11 is 0. The molecule has 0 fully saturated rings. The Morgan fingerprint density at radius 1 is 1.45 bits per heavy atom. The van der Waals surface area contributed by atoms with E-state index in [0.717, 1.165) is 16.8 Å². The molecule has 2 nitrogen and oxygen atoms in total. The summed E-state index contributed by atoms with van der Waals surface area (Å²) in [5.74, 6) is 0. The van der Waals surface area contributed by atoms with Crippen molar-refractivity contribution in [2.24, 2.45) is 0 Å². The molecular formula is C9H10N2. The molecule has 0 aromatic heterocycles. The van der Waals surface area contributed by atoms with Gasteiger partial charge >= 0.3 is 0 Å². The van der Waals surface area contributed by atoms with Gasteiger partial charge in [-0.25, -0.2) is 0 Å². The van der Waals surface area contributed by atoms with E-state index in [2.05, 4.69) is 11.4 Å². The van der Waals surface area contributed by atoms with Crippen LogP contribution in [0.25, 0.3) is 0 Å². The summed E-state index contributed by atoms with van der Waals surface area (Å²) in [6.07, 6.45) is 0. The number of nitriles is 1. The summed E-state index contributed by atoms with van der Waals surface area (Å²) in [5.41, 5.74) is 2.64. The van der Waals surface area contributed by atoms with Crippen molar-refractivity contribution in [3.05, 3.63) is 29.3 Å². The normalized spacial score (nSPS) is 8.82. The molecule has 56 valence electrons. The molecule has 1 aromatic rings. The molecule has 1 N–H and O–H groups in total. The zero-order valence-electron chi connectivity index (χ0n) is 6.68. The zero-order chi connectivity index (χ0) is 8.27. The average Bonchev–Trinajstić information content (AvgIpc) is 2.04. The predicted octanol–water partition coefficient (Wildman–Crippen LogP) is 1.91. The monoisotopic (exact) mass is 146 g/mol. The number of nitrogens with zero attached hydrogens (tertiary/aromatic N) is 1. The summed E-state index contributed by atoms with van der Waals surface area (Å²) < 4.78 is 0. The van der Waals surface area contributed by atoms with Gasteiger partial charge in [0.25, 0.3) is 0 Å². The minimum atomic E-state index is 0.731. The van der Waals surface area contributed by atoms with E-state index in [-0.39, 0.29) is 0 Å². The van der Waals surface area contributed by atoms with E-state index in [1.807, 2.05) is 32.2 Å². The molecule has 1 rings (SSSR count). The van der Waals surface area contributed by atoms with E-state index in [1.54, 1.807) is 0 Å². The third kappa shape index (κ3) is 1.32. The second kappa shape index (κ2) is 3.07. The van der Waals surface area contributed by atoms with Crippen molar-refractivity contribution in [2.45, 2.75) is 6.92 Å². The highest BCUT2D eigenvalue weighted by atomic mass is 14.8. The Morgan fingerprint density at radius 3 is 2.64 bits per heavy atom. The Morgan fingerprint density at radius 2 is 2.18 bits per heavy atom. The van der Waals surface area contributed by atoms with E-state index in [9.17, 15) is 0 Å². The summed E-state index contributed by atoms with van der Waals surface area (Å²) in [7, 11) is 1.82. The summed E-state index contributed by atoms with van der Waals surface area (Å²) in [6.45, 7) is 1.93. The minimum absolute atomic E-state index is 0.731. The number of anilines is 1. The smallest absolute Gasteiger partial charge is 0.102 e. The van der Waals surface area contributed by atoms with E-state index < -0.39 is 0 Å². The number of hydrogen-bond donors (Lipinski definition) is 1. The lowest BCUT2D eigenvalue weighted by molar-refractivity contribution is 1.37. The molecule has 11 heavy (non-hydrogen) atoms. The van der Waals surface area contributed by atoms with Crippen molar-refractivity contribution >= 4 is 5.69 Å². The first-order valence-corrected chi connectivity index (χ1v) is 3.47. The van der Waals surface area contributed by atoms with Gasteiger partial charge in [0.1, 0.15) is 6.07 Å². The first-order valence-electron chi connectivity index (χ1n) is 3.47. The molecule has 0 heterocycles. The van der Waals surface area contributed by atoms with Gasteiger partial charge in [-0.2, -0.15) is 5.26 Å². The van der Waals surface area contributed by atoms with Gasteiger partial charge in [-0.05, 0) is 18.6 Å². The highest BCUT2D eigenvalue weighted by Crippen LogP contribution is 2.16. The van der Waals surface area contributed by atoms with Crippen molar-refractivity contribution in [3.63, 3.8) is 0 Å². The fourth-order valence-corrected chi connectivity index (χ4v) is 1.02. The molecular weight excluding hydrogens is 136 g/mol. The Bertz CT molecular complexity index is 297. The third-order valence-electron chi connectivity index (χ3n) is 1.65. The lowest BCUT2D eigenvalue weighted by atomic mass is 10.1. The van der Waals surface area contributed by atoms with Gasteiger partial charge < -0.3 is 5.32 Å². The quantitative estimate of drug-likeness (QED) is 0.656. The van der Waals surface area contributed by atoms with Gasteiger partial charge in [0.05, 0.1) is 11.3 Å². The largest absolute Gasteiger partial charge is 0.387 e. The van der Waals surface area contributed by atoms with Gasteiger partial charge in [-0.3, -0.25) is 0 Å². The van der Waals surface area contributed by atoms with Crippen LogP contribution in [-0.4, -0.2) is 7.05 Å². The van der Waals surface area contributed by atoms with Gasteiger partial charge in [0.2, 0.25) is 0 Å². The maximum Gasteiger partial charge on any atom is 0.102 e. The number of nitrogens with one attached hydrogen (secondary N) is 1. The highest BCUT2D eigenvalue weighted by Gasteiger charge is 2.00. The first-order chi connectivity index (χ1) is 5.29. The topological polar surface area (TPSA) is 35.8 Å². The maximum absolute atomic E-state index is 8.74. The van der Waals surface area contributed by atoms with Crippen LogP contribution in [0.15, 0.2) is 18.2 Å². The molecule has 1 aromatic carbocycles. The molecule has 2 heteroatoms. The lowest BCUT2D eigenvalue weighted by Gasteiger charge is -2.03. The van der Waals surface area contributed by atoms with E-state index in [0.29, 0.717) is 0 Å². The maximum atomic E-state index is 8.74. The zero-order valence-corrected chi connectivity index (χ0v) is 6.68. The van der Waals surface area contributed by atoms with E-state index in [4.69, 9.17) is 5.26 Å². The summed E-state index contributed by atoms with van der Waals surface area (Å²) in [6, 6.07) is 7.91. The Kier molecular flexibility index (Phi) is 2.12. The van der Waals surface area contributed by atoms with Crippen LogP contribution in [0.3, 0.4) is 0 Å². The molecule has 0 saturated heterocycles. The SMILES string of the molecule is CNc1cccc(C)c1C#N.